The van der Waals surface area contributed by atoms with Crippen LogP contribution in [-0.2, 0) is 11.3 Å². The fourth-order valence-electron chi connectivity index (χ4n) is 1.79. The van der Waals surface area contributed by atoms with Crippen molar-refractivity contribution in [1.82, 2.24) is 5.32 Å². The number of hydrogen-bond donors (Lipinski definition) is 1. The molecular formula is C16H27NO3. The number of rotatable bonds is 10. The van der Waals surface area contributed by atoms with Gasteiger partial charge in [0.25, 0.3) is 0 Å². The standard InChI is InChI=1S/C16H27NO3/c1-13(2)7-9-20-10-8-17-12-14-5-6-15(18-3)11-16(14)19-4/h5-6,11,13,17H,7-10,12H2,1-4H3. The summed E-state index contributed by atoms with van der Waals surface area (Å²) in [6.07, 6.45) is 1.12. The maximum atomic E-state index is 5.56. The second-order valence-electron chi connectivity index (χ2n) is 5.15. The molecule has 1 aromatic rings. The van der Waals surface area contributed by atoms with Crippen LogP contribution in [0.25, 0.3) is 0 Å². The van der Waals surface area contributed by atoms with Crippen molar-refractivity contribution in [3.05, 3.63) is 23.8 Å². The topological polar surface area (TPSA) is 39.7 Å². The molecule has 0 spiro atoms. The SMILES string of the molecule is COc1ccc(CNCCOCCC(C)C)c(OC)c1. The van der Waals surface area contributed by atoms with Crippen LogP contribution in [0.2, 0.25) is 0 Å². The molecule has 1 N–H and O–H groups in total. The second-order valence-corrected chi connectivity index (χ2v) is 5.15. The van der Waals surface area contributed by atoms with Gasteiger partial charge in [-0.3, -0.25) is 0 Å². The number of ether oxygens (including phenoxy) is 3. The van der Waals surface area contributed by atoms with E-state index in [9.17, 15) is 0 Å². The first-order valence-electron chi connectivity index (χ1n) is 7.16. The van der Waals surface area contributed by atoms with Crippen LogP contribution in [0.5, 0.6) is 11.5 Å². The third-order valence-electron chi connectivity index (χ3n) is 3.07. The highest BCUT2D eigenvalue weighted by Crippen LogP contribution is 2.24. The van der Waals surface area contributed by atoms with Crippen molar-refractivity contribution < 1.29 is 14.2 Å². The lowest BCUT2D eigenvalue weighted by Crippen LogP contribution is -2.20. The molecule has 0 bridgehead atoms. The van der Waals surface area contributed by atoms with Crippen molar-refractivity contribution in [2.45, 2.75) is 26.8 Å². The summed E-state index contributed by atoms with van der Waals surface area (Å²) in [5.74, 6) is 2.35. The summed E-state index contributed by atoms with van der Waals surface area (Å²) in [4.78, 5) is 0. The predicted molar refractivity (Wildman–Crippen MR) is 81.5 cm³/mol. The molecular weight excluding hydrogens is 254 g/mol. The Morgan fingerprint density at radius 3 is 2.55 bits per heavy atom. The van der Waals surface area contributed by atoms with Gasteiger partial charge in [-0.15, -0.1) is 0 Å². The molecule has 0 unspecified atom stereocenters. The second kappa shape index (κ2) is 9.61. The van der Waals surface area contributed by atoms with Gasteiger partial charge < -0.3 is 19.5 Å². The molecule has 114 valence electrons. The lowest BCUT2D eigenvalue weighted by molar-refractivity contribution is 0.125. The normalized spacial score (nSPS) is 10.8. The van der Waals surface area contributed by atoms with E-state index in [1.54, 1.807) is 14.2 Å². The van der Waals surface area contributed by atoms with Crippen molar-refractivity contribution >= 4 is 0 Å². The Bertz CT molecular complexity index is 380. The van der Waals surface area contributed by atoms with Gasteiger partial charge >= 0.3 is 0 Å². The van der Waals surface area contributed by atoms with Gasteiger partial charge in [-0.2, -0.15) is 0 Å². The minimum absolute atomic E-state index is 0.700. The van der Waals surface area contributed by atoms with Crippen LogP contribution < -0.4 is 14.8 Å². The van der Waals surface area contributed by atoms with E-state index >= 15 is 0 Å². The van der Waals surface area contributed by atoms with Crippen LogP contribution in [-0.4, -0.2) is 34.0 Å². The summed E-state index contributed by atoms with van der Waals surface area (Å²) in [5, 5.41) is 3.36. The summed E-state index contributed by atoms with van der Waals surface area (Å²) in [6.45, 7) is 7.60. The summed E-state index contributed by atoms with van der Waals surface area (Å²) in [7, 11) is 3.33. The van der Waals surface area contributed by atoms with Crippen LogP contribution in [0.3, 0.4) is 0 Å². The van der Waals surface area contributed by atoms with Gasteiger partial charge in [0.05, 0.1) is 20.8 Å². The third-order valence-corrected chi connectivity index (χ3v) is 3.07. The zero-order chi connectivity index (χ0) is 14.8. The maximum absolute atomic E-state index is 5.56. The van der Waals surface area contributed by atoms with E-state index in [1.807, 2.05) is 18.2 Å². The van der Waals surface area contributed by atoms with Gasteiger partial charge in [-0.05, 0) is 18.4 Å². The Morgan fingerprint density at radius 2 is 1.90 bits per heavy atom. The smallest absolute Gasteiger partial charge is 0.127 e. The molecule has 0 heterocycles. The largest absolute Gasteiger partial charge is 0.497 e. The van der Waals surface area contributed by atoms with Gasteiger partial charge in [-0.1, -0.05) is 19.9 Å². The van der Waals surface area contributed by atoms with Crippen LogP contribution >= 0.6 is 0 Å². The molecule has 0 amide bonds. The quantitative estimate of drug-likeness (QED) is 0.669. The molecule has 0 aliphatic heterocycles. The molecule has 4 nitrogen and oxygen atoms in total. The molecule has 1 rings (SSSR count). The molecule has 1 aromatic carbocycles. The lowest BCUT2D eigenvalue weighted by Gasteiger charge is -2.11. The Hall–Kier alpha value is -1.26. The molecule has 0 aromatic heterocycles. The van der Waals surface area contributed by atoms with Crippen LogP contribution in [0, 0.1) is 5.92 Å². The first kappa shape index (κ1) is 16.8. The van der Waals surface area contributed by atoms with Gasteiger partial charge in [0.15, 0.2) is 0 Å². The molecule has 0 saturated heterocycles. The van der Waals surface area contributed by atoms with Gasteiger partial charge in [-0.25, -0.2) is 0 Å². The zero-order valence-corrected chi connectivity index (χ0v) is 13.1. The molecule has 4 heteroatoms. The van der Waals surface area contributed by atoms with E-state index in [2.05, 4.69) is 19.2 Å². The lowest BCUT2D eigenvalue weighted by atomic mass is 10.1. The van der Waals surface area contributed by atoms with Gasteiger partial charge in [0.2, 0.25) is 0 Å². The van der Waals surface area contributed by atoms with Crippen LogP contribution in [0.15, 0.2) is 18.2 Å². The maximum Gasteiger partial charge on any atom is 0.127 e. The molecule has 0 radical (unpaired) electrons. The third kappa shape index (κ3) is 6.26. The highest BCUT2D eigenvalue weighted by molar-refractivity contribution is 5.40. The Kier molecular flexibility index (Phi) is 8.07. The number of benzene rings is 1. The van der Waals surface area contributed by atoms with Crippen molar-refractivity contribution in [2.75, 3.05) is 34.0 Å². The van der Waals surface area contributed by atoms with E-state index in [0.717, 1.165) is 49.8 Å². The zero-order valence-electron chi connectivity index (χ0n) is 13.1. The monoisotopic (exact) mass is 281 g/mol. The predicted octanol–water partition coefficient (Wildman–Crippen LogP) is 2.86. The summed E-state index contributed by atoms with van der Waals surface area (Å²) in [5.41, 5.74) is 1.12. The number of methoxy groups -OCH3 is 2. The minimum Gasteiger partial charge on any atom is -0.497 e. The van der Waals surface area contributed by atoms with Crippen LogP contribution in [0.4, 0.5) is 0 Å². The Labute approximate surface area is 122 Å². The summed E-state index contributed by atoms with van der Waals surface area (Å²) in [6, 6.07) is 5.86. The Morgan fingerprint density at radius 1 is 1.10 bits per heavy atom. The summed E-state index contributed by atoms with van der Waals surface area (Å²) < 4.78 is 16.1. The molecule has 0 atom stereocenters. The van der Waals surface area contributed by atoms with Crippen molar-refractivity contribution in [1.29, 1.82) is 0 Å². The van der Waals surface area contributed by atoms with E-state index in [4.69, 9.17) is 14.2 Å². The van der Waals surface area contributed by atoms with E-state index in [-0.39, 0.29) is 0 Å². The van der Waals surface area contributed by atoms with Crippen molar-refractivity contribution in [3.63, 3.8) is 0 Å². The van der Waals surface area contributed by atoms with Crippen LogP contribution in [0.1, 0.15) is 25.8 Å². The number of hydrogen-bond acceptors (Lipinski definition) is 4. The molecule has 0 aliphatic carbocycles. The highest BCUT2D eigenvalue weighted by Gasteiger charge is 2.04. The average Bonchev–Trinajstić information content (AvgIpc) is 2.46. The van der Waals surface area contributed by atoms with E-state index in [1.165, 1.54) is 0 Å². The fraction of sp³-hybridized carbons (Fsp3) is 0.625. The molecule has 0 aliphatic rings. The van der Waals surface area contributed by atoms with Gasteiger partial charge in [0, 0.05) is 31.3 Å². The molecule has 0 saturated carbocycles. The van der Waals surface area contributed by atoms with E-state index in [0.29, 0.717) is 5.92 Å². The Balaban J connectivity index is 2.24. The highest BCUT2D eigenvalue weighted by atomic mass is 16.5. The fourth-order valence-corrected chi connectivity index (χ4v) is 1.79. The summed E-state index contributed by atoms with van der Waals surface area (Å²) >= 11 is 0. The molecule has 20 heavy (non-hydrogen) atoms. The van der Waals surface area contributed by atoms with Gasteiger partial charge in [0.1, 0.15) is 11.5 Å². The molecule has 0 fully saturated rings. The van der Waals surface area contributed by atoms with Crippen molar-refractivity contribution in [2.24, 2.45) is 5.92 Å². The first-order chi connectivity index (χ1) is 9.67. The minimum atomic E-state index is 0.700. The van der Waals surface area contributed by atoms with Crippen molar-refractivity contribution in [3.8, 4) is 11.5 Å². The first-order valence-corrected chi connectivity index (χ1v) is 7.16. The van der Waals surface area contributed by atoms with E-state index < -0.39 is 0 Å². The average molecular weight is 281 g/mol. The number of nitrogens with one attached hydrogen (secondary N) is 1.